The first-order chi connectivity index (χ1) is 6.90. The van der Waals surface area contributed by atoms with Crippen LogP contribution in [0.25, 0.3) is 0 Å². The number of nitriles is 1. The highest BCUT2D eigenvalue weighted by Crippen LogP contribution is 2.39. The summed E-state index contributed by atoms with van der Waals surface area (Å²) in [5.74, 6) is -0.397. The van der Waals surface area contributed by atoms with E-state index in [0.29, 0.717) is 0 Å². The third kappa shape index (κ3) is 2.36. The van der Waals surface area contributed by atoms with E-state index in [-0.39, 0.29) is 4.90 Å². The van der Waals surface area contributed by atoms with Crippen LogP contribution in [-0.4, -0.2) is 7.11 Å². The van der Waals surface area contributed by atoms with Gasteiger partial charge in [0.2, 0.25) is 0 Å². The first-order valence-corrected chi connectivity index (χ1v) is 4.23. The average molecular weight is 233 g/mol. The summed E-state index contributed by atoms with van der Waals surface area (Å²) in [6, 6.07) is 3.64. The van der Waals surface area contributed by atoms with Gasteiger partial charge in [-0.05, 0) is 12.1 Å². The van der Waals surface area contributed by atoms with Gasteiger partial charge in [-0.25, -0.2) is 0 Å². The Morgan fingerprint density at radius 3 is 2.40 bits per heavy atom. The van der Waals surface area contributed by atoms with E-state index in [1.54, 1.807) is 0 Å². The topological polar surface area (TPSA) is 33.0 Å². The van der Waals surface area contributed by atoms with Crippen LogP contribution in [0.15, 0.2) is 17.0 Å². The Morgan fingerprint density at radius 2 is 2.00 bits per heavy atom. The molecule has 0 fully saturated rings. The second-order valence-electron chi connectivity index (χ2n) is 2.68. The Balaban J connectivity index is 3.53. The fourth-order valence-electron chi connectivity index (χ4n) is 1.14. The molecule has 15 heavy (non-hydrogen) atoms. The maximum absolute atomic E-state index is 12.6. The zero-order chi connectivity index (χ0) is 11.6. The molecule has 0 heterocycles. The second-order valence-corrected chi connectivity index (χ2v) is 3.20. The Labute approximate surface area is 89.7 Å². The number of halogens is 3. The van der Waals surface area contributed by atoms with E-state index < -0.39 is 23.1 Å². The molecular weight excluding hydrogens is 227 g/mol. The van der Waals surface area contributed by atoms with Crippen molar-refractivity contribution in [1.82, 2.24) is 0 Å². The van der Waals surface area contributed by atoms with Gasteiger partial charge in [-0.15, -0.1) is 12.6 Å². The fourth-order valence-corrected chi connectivity index (χ4v) is 1.39. The number of ether oxygens (including phenoxy) is 1. The van der Waals surface area contributed by atoms with Crippen molar-refractivity contribution < 1.29 is 17.9 Å². The molecule has 1 aromatic rings. The van der Waals surface area contributed by atoms with Crippen molar-refractivity contribution in [3.05, 3.63) is 23.3 Å². The highest BCUT2D eigenvalue weighted by molar-refractivity contribution is 7.80. The summed E-state index contributed by atoms with van der Waals surface area (Å²) in [7, 11) is 1.11. The van der Waals surface area contributed by atoms with Gasteiger partial charge < -0.3 is 4.74 Å². The maximum Gasteiger partial charge on any atom is 0.421 e. The molecule has 0 aromatic heterocycles. The standard InChI is InChI=1S/C9H6F3NOS/c1-14-7-3-6(15)2-5(4-13)8(7)9(10,11)12/h2-3,15H,1H3. The van der Waals surface area contributed by atoms with Crippen LogP contribution in [0.3, 0.4) is 0 Å². The van der Waals surface area contributed by atoms with Gasteiger partial charge in [0.25, 0.3) is 0 Å². The Bertz CT molecular complexity index is 423. The Kier molecular flexibility index (Phi) is 3.15. The average Bonchev–Trinajstić information content (AvgIpc) is 2.14. The quantitative estimate of drug-likeness (QED) is 0.756. The lowest BCUT2D eigenvalue weighted by Crippen LogP contribution is -2.10. The zero-order valence-corrected chi connectivity index (χ0v) is 8.49. The minimum atomic E-state index is -4.61. The van der Waals surface area contributed by atoms with Crippen molar-refractivity contribution in [1.29, 1.82) is 5.26 Å². The largest absolute Gasteiger partial charge is 0.496 e. The van der Waals surface area contributed by atoms with E-state index in [0.717, 1.165) is 19.2 Å². The monoisotopic (exact) mass is 233 g/mol. The third-order valence-electron chi connectivity index (χ3n) is 1.71. The number of benzene rings is 1. The van der Waals surface area contributed by atoms with Gasteiger partial charge >= 0.3 is 6.18 Å². The van der Waals surface area contributed by atoms with Crippen molar-refractivity contribution in [3.63, 3.8) is 0 Å². The van der Waals surface area contributed by atoms with Crippen molar-refractivity contribution in [2.75, 3.05) is 7.11 Å². The molecule has 1 aromatic carbocycles. The highest BCUT2D eigenvalue weighted by atomic mass is 32.1. The summed E-state index contributed by atoms with van der Waals surface area (Å²) < 4.78 is 42.3. The molecule has 0 aliphatic carbocycles. The lowest BCUT2D eigenvalue weighted by Gasteiger charge is -2.13. The molecular formula is C9H6F3NOS. The number of alkyl halides is 3. The summed E-state index contributed by atoms with van der Waals surface area (Å²) in [4.78, 5) is 0.247. The maximum atomic E-state index is 12.6. The first-order valence-electron chi connectivity index (χ1n) is 3.78. The predicted octanol–water partition coefficient (Wildman–Crippen LogP) is 2.87. The van der Waals surface area contributed by atoms with Gasteiger partial charge in [-0.3, -0.25) is 0 Å². The Morgan fingerprint density at radius 1 is 1.40 bits per heavy atom. The molecule has 1 rings (SSSR count). The normalized spacial score (nSPS) is 10.9. The van der Waals surface area contributed by atoms with Crippen molar-refractivity contribution in [3.8, 4) is 11.8 Å². The molecule has 0 aliphatic rings. The molecule has 0 aliphatic heterocycles. The summed E-state index contributed by atoms with van der Waals surface area (Å²) in [6.45, 7) is 0. The molecule has 0 radical (unpaired) electrons. The van der Waals surface area contributed by atoms with Crippen LogP contribution in [0.2, 0.25) is 0 Å². The van der Waals surface area contributed by atoms with E-state index in [2.05, 4.69) is 17.4 Å². The lowest BCUT2D eigenvalue weighted by molar-refractivity contribution is -0.139. The molecule has 0 amide bonds. The molecule has 80 valence electrons. The van der Waals surface area contributed by atoms with Gasteiger partial charge in [-0.1, -0.05) is 0 Å². The van der Waals surface area contributed by atoms with Crippen LogP contribution >= 0.6 is 12.6 Å². The number of hydrogen-bond donors (Lipinski definition) is 1. The van der Waals surface area contributed by atoms with Gasteiger partial charge in [0.15, 0.2) is 0 Å². The zero-order valence-electron chi connectivity index (χ0n) is 7.59. The molecule has 0 N–H and O–H groups in total. The summed E-state index contributed by atoms with van der Waals surface area (Å²) >= 11 is 3.88. The third-order valence-corrected chi connectivity index (χ3v) is 1.97. The fraction of sp³-hybridized carbons (Fsp3) is 0.222. The molecule has 0 unspecified atom stereocenters. The van der Waals surface area contributed by atoms with Gasteiger partial charge in [-0.2, -0.15) is 18.4 Å². The van der Waals surface area contributed by atoms with Crippen LogP contribution < -0.4 is 4.74 Å². The van der Waals surface area contributed by atoms with Crippen LogP contribution in [0.1, 0.15) is 11.1 Å². The van der Waals surface area contributed by atoms with Crippen molar-refractivity contribution in [2.45, 2.75) is 11.1 Å². The molecule has 2 nitrogen and oxygen atoms in total. The van der Waals surface area contributed by atoms with Crippen LogP contribution in [0, 0.1) is 11.3 Å². The molecule has 0 spiro atoms. The molecule has 0 saturated carbocycles. The minimum Gasteiger partial charge on any atom is -0.496 e. The van der Waals surface area contributed by atoms with E-state index in [4.69, 9.17) is 5.26 Å². The highest BCUT2D eigenvalue weighted by Gasteiger charge is 2.37. The minimum absolute atomic E-state index is 0.247. The van der Waals surface area contributed by atoms with Crippen molar-refractivity contribution >= 4 is 12.6 Å². The van der Waals surface area contributed by atoms with E-state index in [1.165, 1.54) is 6.07 Å². The van der Waals surface area contributed by atoms with Crippen molar-refractivity contribution in [2.24, 2.45) is 0 Å². The van der Waals surface area contributed by atoms with Crippen LogP contribution in [0.5, 0.6) is 5.75 Å². The summed E-state index contributed by atoms with van der Waals surface area (Å²) in [5, 5.41) is 8.59. The smallest absolute Gasteiger partial charge is 0.421 e. The predicted molar refractivity (Wildman–Crippen MR) is 50.0 cm³/mol. The van der Waals surface area contributed by atoms with E-state index in [1.807, 2.05) is 0 Å². The van der Waals surface area contributed by atoms with Gasteiger partial charge in [0, 0.05) is 4.90 Å². The Hall–Kier alpha value is -1.35. The summed E-state index contributed by atoms with van der Waals surface area (Å²) in [5.41, 5.74) is -1.56. The molecule has 6 heteroatoms. The second kappa shape index (κ2) is 4.03. The molecule has 0 saturated heterocycles. The van der Waals surface area contributed by atoms with E-state index in [9.17, 15) is 13.2 Å². The lowest BCUT2D eigenvalue weighted by atomic mass is 10.1. The number of thiol groups is 1. The molecule has 0 atom stereocenters. The molecule has 0 bridgehead atoms. The van der Waals surface area contributed by atoms with Gasteiger partial charge in [0.05, 0.1) is 18.7 Å². The number of rotatable bonds is 1. The van der Waals surface area contributed by atoms with Crippen LogP contribution in [-0.2, 0) is 6.18 Å². The summed E-state index contributed by atoms with van der Waals surface area (Å²) in [6.07, 6.45) is -4.61. The number of methoxy groups -OCH3 is 1. The van der Waals surface area contributed by atoms with Gasteiger partial charge in [0.1, 0.15) is 11.3 Å². The van der Waals surface area contributed by atoms with E-state index >= 15 is 0 Å². The van der Waals surface area contributed by atoms with Crippen LogP contribution in [0.4, 0.5) is 13.2 Å². The SMILES string of the molecule is COc1cc(S)cc(C#N)c1C(F)(F)F. The first kappa shape index (κ1) is 11.7. The number of hydrogen-bond acceptors (Lipinski definition) is 3. The number of nitrogens with zero attached hydrogens (tertiary/aromatic N) is 1.